The first-order valence-electron chi connectivity index (χ1n) is 11.2. The molecule has 0 bridgehead atoms. The van der Waals surface area contributed by atoms with Crippen LogP contribution in [0.15, 0.2) is 36.5 Å². The maximum Gasteiger partial charge on any atom is 0.325 e. The third kappa shape index (κ3) is 4.14. The lowest BCUT2D eigenvalue weighted by molar-refractivity contribution is -0.909. The SMILES string of the molecule is Cc1cccc(C(=O)Nc2cc3cn([C@H]4CC[C@](C)(O)CC4)nc3cc2OC2CC2)[n+]1O. The topological polar surface area (TPSA) is 100 Å². The Hall–Kier alpha value is -3.13. The number of carbonyl (C=O) groups is 1. The fourth-order valence-corrected chi connectivity index (χ4v) is 4.28. The number of anilines is 1. The van der Waals surface area contributed by atoms with Gasteiger partial charge in [0.1, 0.15) is 5.75 Å². The molecular weight excluding hydrogens is 408 g/mol. The van der Waals surface area contributed by atoms with Crippen LogP contribution in [0.25, 0.3) is 10.9 Å². The van der Waals surface area contributed by atoms with Gasteiger partial charge in [0.15, 0.2) is 0 Å². The van der Waals surface area contributed by atoms with Crippen LogP contribution in [-0.4, -0.2) is 37.7 Å². The Morgan fingerprint density at radius 2 is 2.00 bits per heavy atom. The Morgan fingerprint density at radius 1 is 1.25 bits per heavy atom. The van der Waals surface area contributed by atoms with E-state index in [0.717, 1.165) is 54.2 Å². The summed E-state index contributed by atoms with van der Waals surface area (Å²) in [5, 5.41) is 29.1. The molecule has 3 aromatic rings. The summed E-state index contributed by atoms with van der Waals surface area (Å²) in [5.74, 6) is 0.167. The summed E-state index contributed by atoms with van der Waals surface area (Å²) in [5.41, 5.74) is 1.49. The second-order valence-electron chi connectivity index (χ2n) is 9.38. The highest BCUT2D eigenvalue weighted by Gasteiger charge is 2.31. The first kappa shape index (κ1) is 20.8. The zero-order valence-corrected chi connectivity index (χ0v) is 18.4. The average Bonchev–Trinajstić information content (AvgIpc) is 3.47. The van der Waals surface area contributed by atoms with Crippen LogP contribution in [0.1, 0.15) is 67.7 Å². The van der Waals surface area contributed by atoms with Crippen LogP contribution in [0.5, 0.6) is 5.75 Å². The molecule has 0 aliphatic heterocycles. The summed E-state index contributed by atoms with van der Waals surface area (Å²) >= 11 is 0. The highest BCUT2D eigenvalue weighted by atomic mass is 16.5. The maximum atomic E-state index is 12.9. The zero-order valence-electron chi connectivity index (χ0n) is 18.4. The van der Waals surface area contributed by atoms with Crippen molar-refractivity contribution in [1.29, 1.82) is 0 Å². The Bertz CT molecular complexity index is 1170. The van der Waals surface area contributed by atoms with Gasteiger partial charge in [-0.25, -0.2) is 0 Å². The molecule has 0 atom stereocenters. The van der Waals surface area contributed by atoms with Crippen molar-refractivity contribution in [3.63, 3.8) is 0 Å². The number of nitrogens with zero attached hydrogens (tertiary/aromatic N) is 3. The molecule has 0 radical (unpaired) electrons. The van der Waals surface area contributed by atoms with Crippen LogP contribution in [-0.2, 0) is 0 Å². The summed E-state index contributed by atoms with van der Waals surface area (Å²) in [6, 6.07) is 9.02. The summed E-state index contributed by atoms with van der Waals surface area (Å²) in [4.78, 5) is 12.9. The van der Waals surface area contributed by atoms with Crippen molar-refractivity contribution in [3.8, 4) is 5.75 Å². The van der Waals surface area contributed by atoms with E-state index in [1.807, 2.05) is 29.9 Å². The van der Waals surface area contributed by atoms with E-state index in [9.17, 15) is 15.1 Å². The molecule has 0 spiro atoms. The summed E-state index contributed by atoms with van der Waals surface area (Å²) in [6.07, 6.45) is 7.40. The second-order valence-corrected chi connectivity index (χ2v) is 9.38. The van der Waals surface area contributed by atoms with E-state index in [-0.39, 0.29) is 17.8 Å². The van der Waals surface area contributed by atoms with Crippen LogP contribution in [0.3, 0.4) is 0 Å². The number of nitrogens with one attached hydrogen (secondary N) is 1. The molecule has 168 valence electrons. The van der Waals surface area contributed by atoms with Crippen LogP contribution in [0.4, 0.5) is 5.69 Å². The van der Waals surface area contributed by atoms with Crippen molar-refractivity contribution in [1.82, 2.24) is 9.78 Å². The second kappa shape index (κ2) is 7.78. The van der Waals surface area contributed by atoms with Gasteiger partial charge in [-0.05, 0) is 57.6 Å². The molecule has 5 rings (SSSR count). The van der Waals surface area contributed by atoms with Crippen LogP contribution < -0.4 is 14.8 Å². The Morgan fingerprint density at radius 3 is 2.72 bits per heavy atom. The predicted octanol–water partition coefficient (Wildman–Crippen LogP) is 3.53. The van der Waals surface area contributed by atoms with E-state index in [2.05, 4.69) is 5.32 Å². The van der Waals surface area contributed by atoms with Crippen LogP contribution >= 0.6 is 0 Å². The third-order valence-electron chi connectivity index (χ3n) is 6.48. The molecule has 2 aliphatic rings. The number of aromatic nitrogens is 3. The van der Waals surface area contributed by atoms with Gasteiger partial charge in [0.25, 0.3) is 0 Å². The number of rotatable bonds is 5. The Balaban J connectivity index is 1.45. The summed E-state index contributed by atoms with van der Waals surface area (Å²) < 4.78 is 8.93. The lowest BCUT2D eigenvalue weighted by atomic mass is 9.84. The molecule has 2 aromatic heterocycles. The normalized spacial score (nSPS) is 23.3. The van der Waals surface area contributed by atoms with E-state index in [1.165, 1.54) is 0 Å². The van der Waals surface area contributed by atoms with Crippen LogP contribution in [0, 0.1) is 6.92 Å². The molecule has 8 nitrogen and oxygen atoms in total. The first-order chi connectivity index (χ1) is 15.3. The highest BCUT2D eigenvalue weighted by molar-refractivity contribution is 6.04. The molecule has 1 aromatic carbocycles. The number of hydrogen-bond donors (Lipinski definition) is 3. The van der Waals surface area contributed by atoms with Crippen molar-refractivity contribution in [2.24, 2.45) is 0 Å². The molecule has 2 aliphatic carbocycles. The minimum atomic E-state index is -0.592. The van der Waals surface area contributed by atoms with E-state index >= 15 is 0 Å². The molecule has 2 saturated carbocycles. The lowest BCUT2D eigenvalue weighted by Crippen LogP contribution is -2.42. The van der Waals surface area contributed by atoms with Crippen molar-refractivity contribution in [2.75, 3.05) is 5.32 Å². The number of hydrogen-bond acceptors (Lipinski definition) is 5. The predicted molar refractivity (Wildman–Crippen MR) is 118 cm³/mol. The van der Waals surface area contributed by atoms with Crippen molar-refractivity contribution < 1.29 is 24.6 Å². The molecule has 2 fully saturated rings. The van der Waals surface area contributed by atoms with Gasteiger partial charge in [-0.2, -0.15) is 5.10 Å². The Kier molecular flexibility index (Phi) is 5.04. The molecule has 2 heterocycles. The van der Waals surface area contributed by atoms with Gasteiger partial charge < -0.3 is 15.2 Å². The molecule has 3 N–H and O–H groups in total. The molecule has 0 unspecified atom stereocenters. The van der Waals surface area contributed by atoms with Crippen molar-refractivity contribution in [2.45, 2.75) is 70.1 Å². The Labute approximate surface area is 186 Å². The maximum absolute atomic E-state index is 12.9. The molecule has 1 amide bonds. The largest absolute Gasteiger partial charge is 0.488 e. The highest BCUT2D eigenvalue weighted by Crippen LogP contribution is 2.38. The molecule has 0 saturated heterocycles. The number of fused-ring (bicyclic) bond motifs is 1. The molecule has 32 heavy (non-hydrogen) atoms. The number of aliphatic hydroxyl groups is 1. The third-order valence-corrected chi connectivity index (χ3v) is 6.48. The van der Waals surface area contributed by atoms with E-state index in [4.69, 9.17) is 9.84 Å². The van der Waals surface area contributed by atoms with Gasteiger partial charge in [0, 0.05) is 41.4 Å². The summed E-state index contributed by atoms with van der Waals surface area (Å²) in [7, 11) is 0. The number of aryl methyl sites for hydroxylation is 1. The standard InChI is InChI=1S/C24H28N4O4/c1-15-4-3-5-21(28(15)31)23(29)25-20-12-16-14-27(17-8-10-24(2,30)11-9-17)26-19(16)13-22(20)32-18-6-7-18/h3-5,12-14,17-18,30H,6-11H2,1-2H3,(H-,25,29,31)/p+1/t17-,24-. The fraction of sp³-hybridized carbons (Fsp3) is 0.458. The van der Waals surface area contributed by atoms with Gasteiger partial charge in [0.2, 0.25) is 5.69 Å². The zero-order chi connectivity index (χ0) is 22.5. The van der Waals surface area contributed by atoms with Gasteiger partial charge in [-0.3, -0.25) is 14.7 Å². The van der Waals surface area contributed by atoms with E-state index in [1.54, 1.807) is 25.1 Å². The number of carbonyl (C=O) groups excluding carboxylic acids is 1. The van der Waals surface area contributed by atoms with E-state index in [0.29, 0.717) is 17.1 Å². The van der Waals surface area contributed by atoms with Gasteiger partial charge >= 0.3 is 11.6 Å². The smallest absolute Gasteiger partial charge is 0.325 e. The molecular formula is C24H29N4O4+. The van der Waals surface area contributed by atoms with Crippen molar-refractivity contribution >= 4 is 22.5 Å². The monoisotopic (exact) mass is 437 g/mol. The lowest BCUT2D eigenvalue weighted by Gasteiger charge is -2.33. The minimum Gasteiger partial charge on any atom is -0.488 e. The number of benzene rings is 1. The molecule has 8 heteroatoms. The fourth-order valence-electron chi connectivity index (χ4n) is 4.28. The summed E-state index contributed by atoms with van der Waals surface area (Å²) in [6.45, 7) is 3.62. The van der Waals surface area contributed by atoms with Gasteiger partial charge in [0.05, 0.1) is 29.0 Å². The minimum absolute atomic E-state index is 0.146. The number of ether oxygens (including phenoxy) is 1. The quantitative estimate of drug-likeness (QED) is 0.419. The van der Waals surface area contributed by atoms with Gasteiger partial charge in [-0.15, -0.1) is 0 Å². The van der Waals surface area contributed by atoms with Gasteiger partial charge in [-0.1, -0.05) is 0 Å². The average molecular weight is 438 g/mol. The number of amides is 1. The number of pyridine rings is 1. The van der Waals surface area contributed by atoms with Crippen molar-refractivity contribution in [3.05, 3.63) is 47.9 Å². The van der Waals surface area contributed by atoms with Crippen LogP contribution in [0.2, 0.25) is 0 Å². The first-order valence-corrected chi connectivity index (χ1v) is 11.2. The van der Waals surface area contributed by atoms with E-state index < -0.39 is 11.5 Å².